The zero-order chi connectivity index (χ0) is 22.3. The van der Waals surface area contributed by atoms with Crippen LogP contribution < -0.4 is 9.80 Å². The molecule has 3 heterocycles. The van der Waals surface area contributed by atoms with E-state index in [9.17, 15) is 0 Å². The van der Waals surface area contributed by atoms with Gasteiger partial charge in [0.1, 0.15) is 6.17 Å². The second-order valence-corrected chi connectivity index (χ2v) is 9.73. The highest BCUT2D eigenvalue weighted by atomic mass is 15.5. The highest BCUT2D eigenvalue weighted by Gasteiger charge is 2.58. The van der Waals surface area contributed by atoms with Crippen LogP contribution in [0.4, 0.5) is 23.0 Å². The number of anilines is 4. The van der Waals surface area contributed by atoms with Crippen molar-refractivity contribution in [3.05, 3.63) is 95.2 Å². The molecule has 33 heavy (non-hydrogen) atoms. The standard InChI is InChI=1S/C29H26N4/c1-17-13-18(2)26(19(3)14-17)24-16-30-27-28(31-24)33-25-12-8-7-11-21(25)22-15-23(22)29(33)32(27)20-9-5-4-6-10-20/h4-14,16,22-23,29H,15H2,1-3H3. The molecule has 0 saturated heterocycles. The van der Waals surface area contributed by atoms with Crippen molar-refractivity contribution in [3.8, 4) is 11.3 Å². The molecule has 7 rings (SSSR count). The smallest absolute Gasteiger partial charge is 0.179 e. The molecule has 4 nitrogen and oxygen atoms in total. The summed E-state index contributed by atoms with van der Waals surface area (Å²) in [5.74, 6) is 3.14. The first kappa shape index (κ1) is 18.9. The van der Waals surface area contributed by atoms with Gasteiger partial charge in [-0.15, -0.1) is 0 Å². The average molecular weight is 431 g/mol. The molecule has 3 aromatic carbocycles. The molecule has 0 radical (unpaired) electrons. The molecule has 0 spiro atoms. The molecule has 0 amide bonds. The lowest BCUT2D eigenvalue weighted by molar-refractivity contribution is 0.575. The molecular formula is C29H26N4. The first-order chi connectivity index (χ1) is 16.1. The predicted octanol–water partition coefficient (Wildman–Crippen LogP) is 6.80. The number of para-hydroxylation sites is 2. The summed E-state index contributed by atoms with van der Waals surface area (Å²) < 4.78 is 0. The summed E-state index contributed by atoms with van der Waals surface area (Å²) in [7, 11) is 0. The molecule has 162 valence electrons. The monoisotopic (exact) mass is 430 g/mol. The highest BCUT2D eigenvalue weighted by molar-refractivity contribution is 5.88. The molecule has 3 unspecified atom stereocenters. The van der Waals surface area contributed by atoms with Crippen LogP contribution in [0.2, 0.25) is 0 Å². The van der Waals surface area contributed by atoms with Crippen molar-refractivity contribution in [1.29, 1.82) is 0 Å². The minimum absolute atomic E-state index is 0.220. The second-order valence-electron chi connectivity index (χ2n) is 9.73. The van der Waals surface area contributed by atoms with E-state index >= 15 is 0 Å². The first-order valence-corrected chi connectivity index (χ1v) is 11.8. The van der Waals surface area contributed by atoms with E-state index in [4.69, 9.17) is 9.97 Å². The number of rotatable bonds is 2. The van der Waals surface area contributed by atoms with Crippen LogP contribution in [0, 0.1) is 26.7 Å². The molecule has 2 aliphatic heterocycles. The zero-order valence-electron chi connectivity index (χ0n) is 19.2. The molecule has 4 aromatic rings. The molecular weight excluding hydrogens is 404 g/mol. The Balaban J connectivity index is 1.47. The lowest BCUT2D eigenvalue weighted by Crippen LogP contribution is -2.42. The Kier molecular flexibility index (Phi) is 3.82. The maximum atomic E-state index is 5.31. The quantitative estimate of drug-likeness (QED) is 0.350. The normalized spacial score (nSPS) is 21.8. The Morgan fingerprint density at radius 2 is 1.55 bits per heavy atom. The van der Waals surface area contributed by atoms with Crippen LogP contribution in [0.1, 0.15) is 34.6 Å². The van der Waals surface area contributed by atoms with Crippen molar-refractivity contribution in [2.45, 2.75) is 39.3 Å². The van der Waals surface area contributed by atoms with Gasteiger partial charge in [0, 0.05) is 22.9 Å². The molecule has 1 aliphatic carbocycles. The minimum atomic E-state index is 0.220. The van der Waals surface area contributed by atoms with E-state index in [-0.39, 0.29) is 6.17 Å². The molecule has 0 bridgehead atoms. The van der Waals surface area contributed by atoms with Crippen molar-refractivity contribution in [2.24, 2.45) is 5.92 Å². The molecule has 1 aromatic heterocycles. The third-order valence-corrected chi connectivity index (χ3v) is 7.51. The van der Waals surface area contributed by atoms with Gasteiger partial charge < -0.3 is 9.80 Å². The van der Waals surface area contributed by atoms with Gasteiger partial charge >= 0.3 is 0 Å². The van der Waals surface area contributed by atoms with Crippen LogP contribution in [0.15, 0.2) is 72.9 Å². The fraction of sp³-hybridized carbons (Fsp3) is 0.241. The van der Waals surface area contributed by atoms with Crippen molar-refractivity contribution in [3.63, 3.8) is 0 Å². The topological polar surface area (TPSA) is 32.3 Å². The van der Waals surface area contributed by atoms with Gasteiger partial charge in [0.15, 0.2) is 11.6 Å². The van der Waals surface area contributed by atoms with Crippen LogP contribution in [0.5, 0.6) is 0 Å². The van der Waals surface area contributed by atoms with Crippen LogP contribution in [0.25, 0.3) is 11.3 Å². The Bertz CT molecular complexity index is 1390. The fourth-order valence-corrected chi connectivity index (χ4v) is 6.20. The number of aryl methyl sites for hydroxylation is 3. The van der Waals surface area contributed by atoms with Gasteiger partial charge in [-0.1, -0.05) is 54.1 Å². The maximum absolute atomic E-state index is 5.31. The Morgan fingerprint density at radius 3 is 2.33 bits per heavy atom. The van der Waals surface area contributed by atoms with Gasteiger partial charge in [-0.25, -0.2) is 9.97 Å². The lowest BCUT2D eigenvalue weighted by Gasteiger charge is -2.36. The molecule has 1 fully saturated rings. The van der Waals surface area contributed by atoms with E-state index in [2.05, 4.69) is 97.3 Å². The van der Waals surface area contributed by atoms with Gasteiger partial charge in [0.25, 0.3) is 0 Å². The summed E-state index contributed by atoms with van der Waals surface area (Å²) in [4.78, 5) is 15.3. The minimum Gasteiger partial charge on any atom is -0.302 e. The number of aromatic nitrogens is 2. The average Bonchev–Trinajstić information content (AvgIpc) is 3.55. The molecule has 3 atom stereocenters. The van der Waals surface area contributed by atoms with Crippen molar-refractivity contribution >= 4 is 23.0 Å². The SMILES string of the molecule is Cc1cc(C)c(-c2cnc3c(n2)N2c4ccccc4C4CC4C2N3c2ccccc2)c(C)c1. The van der Waals surface area contributed by atoms with E-state index < -0.39 is 0 Å². The van der Waals surface area contributed by atoms with E-state index in [1.165, 1.54) is 45.6 Å². The molecule has 4 heteroatoms. The van der Waals surface area contributed by atoms with Crippen LogP contribution in [-0.4, -0.2) is 16.1 Å². The van der Waals surface area contributed by atoms with Crippen molar-refractivity contribution in [2.75, 3.05) is 9.80 Å². The van der Waals surface area contributed by atoms with Gasteiger partial charge in [0.05, 0.1) is 11.9 Å². The van der Waals surface area contributed by atoms with Crippen LogP contribution >= 0.6 is 0 Å². The third-order valence-electron chi connectivity index (χ3n) is 7.51. The Hall–Kier alpha value is -3.66. The van der Waals surface area contributed by atoms with E-state index in [0.717, 1.165) is 17.3 Å². The number of fused-ring (bicyclic) bond motifs is 8. The second kappa shape index (κ2) is 6.67. The maximum Gasteiger partial charge on any atom is 0.179 e. The number of hydrogen-bond acceptors (Lipinski definition) is 4. The van der Waals surface area contributed by atoms with Gasteiger partial charge in [-0.05, 0) is 68.0 Å². The molecule has 3 aliphatic rings. The van der Waals surface area contributed by atoms with Crippen molar-refractivity contribution < 1.29 is 0 Å². The number of nitrogens with zero attached hydrogens (tertiary/aromatic N) is 4. The summed E-state index contributed by atoms with van der Waals surface area (Å²) >= 11 is 0. The van der Waals surface area contributed by atoms with Gasteiger partial charge in [0.2, 0.25) is 0 Å². The van der Waals surface area contributed by atoms with Crippen LogP contribution in [0.3, 0.4) is 0 Å². The van der Waals surface area contributed by atoms with Crippen LogP contribution in [-0.2, 0) is 0 Å². The van der Waals surface area contributed by atoms with Gasteiger partial charge in [-0.2, -0.15) is 0 Å². The summed E-state index contributed by atoms with van der Waals surface area (Å²) in [6.07, 6.45) is 3.41. The summed E-state index contributed by atoms with van der Waals surface area (Å²) in [6, 6.07) is 24.0. The first-order valence-electron chi connectivity index (χ1n) is 11.8. The van der Waals surface area contributed by atoms with E-state index in [1.807, 2.05) is 6.20 Å². The largest absolute Gasteiger partial charge is 0.302 e. The lowest BCUT2D eigenvalue weighted by atomic mass is 9.97. The number of hydrogen-bond donors (Lipinski definition) is 0. The van der Waals surface area contributed by atoms with E-state index in [0.29, 0.717) is 11.8 Å². The van der Waals surface area contributed by atoms with Crippen molar-refractivity contribution in [1.82, 2.24) is 9.97 Å². The molecule has 0 N–H and O–H groups in total. The van der Waals surface area contributed by atoms with Gasteiger partial charge in [-0.3, -0.25) is 0 Å². The number of benzene rings is 3. The third kappa shape index (κ3) is 2.64. The molecule has 1 saturated carbocycles. The summed E-state index contributed by atoms with van der Waals surface area (Å²) in [6.45, 7) is 6.50. The highest BCUT2D eigenvalue weighted by Crippen LogP contribution is 2.64. The van der Waals surface area contributed by atoms with E-state index in [1.54, 1.807) is 0 Å². The summed E-state index contributed by atoms with van der Waals surface area (Å²) in [5, 5.41) is 0. The fourth-order valence-electron chi connectivity index (χ4n) is 6.20. The predicted molar refractivity (Wildman–Crippen MR) is 133 cm³/mol. The summed E-state index contributed by atoms with van der Waals surface area (Å²) in [5.41, 5.74) is 9.84. The zero-order valence-corrected chi connectivity index (χ0v) is 19.2. The Labute approximate surface area is 194 Å². The Morgan fingerprint density at radius 1 is 0.818 bits per heavy atom.